The van der Waals surface area contributed by atoms with Gasteiger partial charge in [0.1, 0.15) is 0 Å². The van der Waals surface area contributed by atoms with Crippen LogP contribution in [0.5, 0.6) is 0 Å². The number of anilines is 1. The van der Waals surface area contributed by atoms with Gasteiger partial charge >= 0.3 is 0 Å². The molecule has 0 bridgehead atoms. The van der Waals surface area contributed by atoms with Crippen LogP contribution in [-0.4, -0.2) is 36.7 Å². The number of aromatic nitrogens is 1. The van der Waals surface area contributed by atoms with Crippen molar-refractivity contribution in [2.75, 3.05) is 25.0 Å². The number of pyridine rings is 1. The quantitative estimate of drug-likeness (QED) is 0.889. The first-order chi connectivity index (χ1) is 9.83. The maximum Gasteiger partial charge on any atom is 0.227 e. The smallest absolute Gasteiger partial charge is 0.227 e. The number of carbonyl (C=O) groups excluding carboxylic acids is 1. The molecule has 104 valence electrons. The van der Waals surface area contributed by atoms with E-state index in [1.807, 2.05) is 30.3 Å². The van der Waals surface area contributed by atoms with E-state index in [4.69, 9.17) is 4.74 Å². The van der Waals surface area contributed by atoms with Gasteiger partial charge < -0.3 is 15.4 Å². The standard InChI is InChI=1S/C15H17N3O2/c19-15(9-11-10-16-7-8-20-11)18-14-5-1-4-13-12(14)3-2-6-17-13/h1-6,11,16H,7-10H2,(H,18,19). The summed E-state index contributed by atoms with van der Waals surface area (Å²) in [5.41, 5.74) is 1.67. The third-order valence-electron chi connectivity index (χ3n) is 3.34. The number of ether oxygens (including phenoxy) is 1. The van der Waals surface area contributed by atoms with E-state index in [1.165, 1.54) is 0 Å². The van der Waals surface area contributed by atoms with E-state index < -0.39 is 0 Å². The number of rotatable bonds is 3. The molecule has 1 saturated heterocycles. The Balaban J connectivity index is 1.71. The molecule has 3 rings (SSSR count). The van der Waals surface area contributed by atoms with Crippen molar-refractivity contribution in [3.05, 3.63) is 36.5 Å². The van der Waals surface area contributed by atoms with Crippen molar-refractivity contribution < 1.29 is 9.53 Å². The van der Waals surface area contributed by atoms with Crippen LogP contribution in [0, 0.1) is 0 Å². The van der Waals surface area contributed by atoms with Crippen LogP contribution in [0.3, 0.4) is 0 Å². The molecule has 0 spiro atoms. The number of hydrogen-bond acceptors (Lipinski definition) is 4. The largest absolute Gasteiger partial charge is 0.375 e. The lowest BCUT2D eigenvalue weighted by Gasteiger charge is -2.23. The summed E-state index contributed by atoms with van der Waals surface area (Å²) in [6, 6.07) is 9.54. The van der Waals surface area contributed by atoms with Gasteiger partial charge in [-0.15, -0.1) is 0 Å². The number of hydrogen-bond donors (Lipinski definition) is 2. The van der Waals surface area contributed by atoms with Crippen LogP contribution < -0.4 is 10.6 Å². The predicted octanol–water partition coefficient (Wildman–Crippen LogP) is 1.55. The lowest BCUT2D eigenvalue weighted by atomic mass is 10.1. The molecule has 5 nitrogen and oxygen atoms in total. The van der Waals surface area contributed by atoms with E-state index in [-0.39, 0.29) is 12.0 Å². The number of nitrogens with one attached hydrogen (secondary N) is 2. The third kappa shape index (κ3) is 2.95. The molecule has 1 fully saturated rings. The molecule has 1 aromatic carbocycles. The van der Waals surface area contributed by atoms with Crippen molar-refractivity contribution in [2.24, 2.45) is 0 Å². The Hall–Kier alpha value is -1.98. The van der Waals surface area contributed by atoms with Crippen LogP contribution in [0.25, 0.3) is 10.9 Å². The third-order valence-corrected chi connectivity index (χ3v) is 3.34. The van der Waals surface area contributed by atoms with Crippen LogP contribution in [0.15, 0.2) is 36.5 Å². The lowest BCUT2D eigenvalue weighted by molar-refractivity contribution is -0.119. The summed E-state index contributed by atoms with van der Waals surface area (Å²) in [4.78, 5) is 16.4. The van der Waals surface area contributed by atoms with Crippen molar-refractivity contribution in [3.8, 4) is 0 Å². The average molecular weight is 271 g/mol. The molecule has 5 heteroatoms. The molecule has 0 aliphatic carbocycles. The molecule has 1 amide bonds. The topological polar surface area (TPSA) is 63.2 Å². The summed E-state index contributed by atoms with van der Waals surface area (Å²) in [6.45, 7) is 2.24. The first kappa shape index (κ1) is 13.0. The average Bonchev–Trinajstić information content (AvgIpc) is 2.48. The van der Waals surface area contributed by atoms with E-state index in [0.29, 0.717) is 13.0 Å². The summed E-state index contributed by atoms with van der Waals surface area (Å²) in [5, 5.41) is 7.11. The fraction of sp³-hybridized carbons (Fsp3) is 0.333. The highest BCUT2D eigenvalue weighted by Gasteiger charge is 2.17. The number of morpholine rings is 1. The number of amides is 1. The predicted molar refractivity (Wildman–Crippen MR) is 77.6 cm³/mol. The Morgan fingerprint density at radius 3 is 3.20 bits per heavy atom. The van der Waals surface area contributed by atoms with Crippen LogP contribution in [0.2, 0.25) is 0 Å². The Kier molecular flexibility index (Phi) is 3.90. The Bertz CT molecular complexity index is 604. The fourth-order valence-corrected chi connectivity index (χ4v) is 2.37. The molecular formula is C15H17N3O2. The van der Waals surface area contributed by atoms with Crippen molar-refractivity contribution >= 4 is 22.5 Å². The maximum atomic E-state index is 12.1. The Morgan fingerprint density at radius 2 is 2.35 bits per heavy atom. The molecular weight excluding hydrogens is 254 g/mol. The first-order valence-electron chi connectivity index (χ1n) is 6.79. The molecule has 2 aromatic rings. The SMILES string of the molecule is O=C(CC1CNCCO1)Nc1cccc2ncccc12. The second-order valence-electron chi connectivity index (χ2n) is 4.82. The monoisotopic (exact) mass is 271 g/mol. The van der Waals surface area contributed by atoms with Gasteiger partial charge in [0.05, 0.1) is 30.3 Å². The summed E-state index contributed by atoms with van der Waals surface area (Å²) in [5.74, 6) is -0.0324. The molecule has 1 aliphatic heterocycles. The normalized spacial score (nSPS) is 18.9. The molecule has 0 saturated carbocycles. The molecule has 2 heterocycles. The van der Waals surface area contributed by atoms with E-state index in [1.54, 1.807) is 6.20 Å². The second kappa shape index (κ2) is 5.98. The minimum absolute atomic E-state index is 0.0324. The molecule has 1 atom stereocenters. The highest BCUT2D eigenvalue weighted by molar-refractivity contribution is 6.01. The van der Waals surface area contributed by atoms with E-state index in [9.17, 15) is 4.79 Å². The molecule has 2 N–H and O–H groups in total. The fourth-order valence-electron chi connectivity index (χ4n) is 2.37. The van der Waals surface area contributed by atoms with E-state index >= 15 is 0 Å². The minimum Gasteiger partial charge on any atom is -0.375 e. The van der Waals surface area contributed by atoms with Gasteiger partial charge in [-0.1, -0.05) is 6.07 Å². The highest BCUT2D eigenvalue weighted by Crippen LogP contribution is 2.21. The summed E-state index contributed by atoms with van der Waals surface area (Å²) in [7, 11) is 0. The zero-order valence-corrected chi connectivity index (χ0v) is 11.1. The molecule has 20 heavy (non-hydrogen) atoms. The zero-order chi connectivity index (χ0) is 13.8. The lowest BCUT2D eigenvalue weighted by Crippen LogP contribution is -2.40. The first-order valence-corrected chi connectivity index (χ1v) is 6.79. The van der Waals surface area contributed by atoms with Gasteiger partial charge in [0.15, 0.2) is 0 Å². The van der Waals surface area contributed by atoms with Gasteiger partial charge in [0.2, 0.25) is 5.91 Å². The van der Waals surface area contributed by atoms with Crippen LogP contribution in [0.4, 0.5) is 5.69 Å². The number of carbonyl (C=O) groups is 1. The van der Waals surface area contributed by atoms with Crippen LogP contribution in [-0.2, 0) is 9.53 Å². The number of fused-ring (bicyclic) bond motifs is 1. The van der Waals surface area contributed by atoms with Gasteiger partial charge in [-0.25, -0.2) is 0 Å². The van der Waals surface area contributed by atoms with Crippen molar-refractivity contribution in [1.29, 1.82) is 0 Å². The van der Waals surface area contributed by atoms with Gasteiger partial charge in [-0.3, -0.25) is 9.78 Å². The molecule has 0 radical (unpaired) electrons. The summed E-state index contributed by atoms with van der Waals surface area (Å²) < 4.78 is 5.54. The maximum absolute atomic E-state index is 12.1. The van der Waals surface area contributed by atoms with Crippen molar-refractivity contribution in [1.82, 2.24) is 10.3 Å². The van der Waals surface area contributed by atoms with Crippen LogP contribution in [0.1, 0.15) is 6.42 Å². The van der Waals surface area contributed by atoms with Crippen molar-refractivity contribution in [3.63, 3.8) is 0 Å². The Labute approximate surface area is 117 Å². The minimum atomic E-state index is -0.0446. The van der Waals surface area contributed by atoms with Gasteiger partial charge in [-0.05, 0) is 24.3 Å². The second-order valence-corrected chi connectivity index (χ2v) is 4.82. The van der Waals surface area contributed by atoms with Crippen molar-refractivity contribution in [2.45, 2.75) is 12.5 Å². The van der Waals surface area contributed by atoms with Crippen LogP contribution >= 0.6 is 0 Å². The highest BCUT2D eigenvalue weighted by atomic mass is 16.5. The molecule has 1 unspecified atom stereocenters. The van der Waals surface area contributed by atoms with Gasteiger partial charge in [-0.2, -0.15) is 0 Å². The van der Waals surface area contributed by atoms with Gasteiger partial charge in [0.25, 0.3) is 0 Å². The molecule has 1 aromatic heterocycles. The molecule has 1 aliphatic rings. The Morgan fingerprint density at radius 1 is 1.40 bits per heavy atom. The zero-order valence-electron chi connectivity index (χ0n) is 11.1. The summed E-state index contributed by atoms with van der Waals surface area (Å²) in [6.07, 6.45) is 2.07. The van der Waals surface area contributed by atoms with E-state index in [0.717, 1.165) is 29.7 Å². The summed E-state index contributed by atoms with van der Waals surface area (Å²) >= 11 is 0. The number of nitrogens with zero attached hydrogens (tertiary/aromatic N) is 1. The number of benzene rings is 1. The van der Waals surface area contributed by atoms with Gasteiger partial charge in [0, 0.05) is 24.7 Å². The van der Waals surface area contributed by atoms with E-state index in [2.05, 4.69) is 15.6 Å².